The van der Waals surface area contributed by atoms with E-state index in [9.17, 15) is 9.59 Å². The van der Waals surface area contributed by atoms with Gasteiger partial charge in [0.25, 0.3) is 11.8 Å². The Balaban J connectivity index is 1.87. The summed E-state index contributed by atoms with van der Waals surface area (Å²) < 4.78 is 3.64. The van der Waals surface area contributed by atoms with Gasteiger partial charge in [0, 0.05) is 29.7 Å². The minimum absolute atomic E-state index is 0.306. The van der Waals surface area contributed by atoms with E-state index in [0.29, 0.717) is 11.3 Å². The molecule has 126 valence electrons. The number of aryl methyl sites for hydroxylation is 1. The second-order valence-electron chi connectivity index (χ2n) is 6.28. The Morgan fingerprint density at radius 1 is 0.923 bits per heavy atom. The zero-order chi connectivity index (χ0) is 17.8. The molecule has 2 aromatic heterocycles. The van der Waals surface area contributed by atoms with E-state index >= 15 is 0 Å². The largest absolute Gasteiger partial charge is 0.350 e. The number of hydrogen-bond acceptors (Lipinski definition) is 3. The van der Waals surface area contributed by atoms with E-state index in [0.717, 1.165) is 27.5 Å². The molecule has 0 aliphatic carbocycles. The fraction of sp³-hybridized carbons (Fsp3) is 0.0500. The van der Waals surface area contributed by atoms with Crippen molar-refractivity contribution in [3.8, 4) is 0 Å². The first-order valence-corrected chi connectivity index (χ1v) is 8.22. The van der Waals surface area contributed by atoms with Crippen molar-refractivity contribution < 1.29 is 9.59 Å². The molecule has 0 radical (unpaired) electrons. The number of nitrogens with zero attached hydrogens (tertiary/aromatic N) is 3. The lowest BCUT2D eigenvalue weighted by Crippen LogP contribution is -2.23. The van der Waals surface area contributed by atoms with Crippen molar-refractivity contribution in [1.82, 2.24) is 19.4 Å². The van der Waals surface area contributed by atoms with Crippen molar-refractivity contribution in [2.24, 2.45) is 7.05 Å². The van der Waals surface area contributed by atoms with Crippen molar-refractivity contribution in [1.29, 1.82) is 0 Å². The van der Waals surface area contributed by atoms with Gasteiger partial charge in [-0.15, -0.1) is 0 Å². The highest BCUT2D eigenvalue weighted by Crippen LogP contribution is 2.34. The molecule has 0 saturated heterocycles. The van der Waals surface area contributed by atoms with Gasteiger partial charge in [0.15, 0.2) is 0 Å². The molecule has 26 heavy (non-hydrogen) atoms. The van der Waals surface area contributed by atoms with Gasteiger partial charge in [-0.2, -0.15) is 0 Å². The van der Waals surface area contributed by atoms with E-state index in [1.54, 1.807) is 10.9 Å². The fourth-order valence-electron chi connectivity index (χ4n) is 3.60. The number of benzene rings is 2. The summed E-state index contributed by atoms with van der Waals surface area (Å²) in [5, 5.41) is 3.36. The summed E-state index contributed by atoms with van der Waals surface area (Å²) in [5.74, 6) is -0.805. The van der Waals surface area contributed by atoms with E-state index < -0.39 is 5.91 Å². The van der Waals surface area contributed by atoms with Crippen molar-refractivity contribution in [3.63, 3.8) is 0 Å². The topological polar surface area (TPSA) is 68.9 Å². The number of rotatable bonds is 2. The van der Waals surface area contributed by atoms with E-state index in [1.165, 1.54) is 0 Å². The number of hydrogen-bond donors (Lipinski definition) is 1. The third-order valence-corrected chi connectivity index (χ3v) is 4.77. The quantitative estimate of drug-likeness (QED) is 0.569. The van der Waals surface area contributed by atoms with Crippen LogP contribution >= 0.6 is 0 Å². The molecule has 0 spiro atoms. The second kappa shape index (κ2) is 5.16. The molecular weight excluding hydrogens is 328 g/mol. The van der Waals surface area contributed by atoms with E-state index in [4.69, 9.17) is 0 Å². The van der Waals surface area contributed by atoms with Crippen LogP contribution < -0.4 is 5.32 Å². The number of nitrogens with one attached hydrogen (secondary N) is 1. The molecule has 0 fully saturated rings. The maximum absolute atomic E-state index is 12.6. The molecule has 1 aliphatic heterocycles. The van der Waals surface area contributed by atoms with Crippen LogP contribution in [0.4, 0.5) is 0 Å². The van der Waals surface area contributed by atoms with Crippen LogP contribution in [0.25, 0.3) is 33.2 Å². The molecule has 3 heterocycles. The highest BCUT2D eigenvalue weighted by Gasteiger charge is 2.34. The van der Waals surface area contributed by atoms with Gasteiger partial charge >= 0.3 is 0 Å². The predicted octanol–water partition coefficient (Wildman–Crippen LogP) is 2.55. The Bertz CT molecular complexity index is 1260. The second-order valence-corrected chi connectivity index (χ2v) is 6.28. The molecule has 1 N–H and O–H groups in total. The molecule has 4 aromatic rings. The maximum Gasteiger partial charge on any atom is 0.276 e. The summed E-state index contributed by atoms with van der Waals surface area (Å²) in [5.41, 5.74) is 3.96. The van der Waals surface area contributed by atoms with Crippen LogP contribution in [0.3, 0.4) is 0 Å². The monoisotopic (exact) mass is 342 g/mol. The van der Waals surface area contributed by atoms with Crippen LogP contribution in [-0.2, 0) is 16.6 Å². The molecule has 2 aromatic carbocycles. The molecule has 6 nitrogen and oxygen atoms in total. The van der Waals surface area contributed by atoms with Crippen LogP contribution in [0.15, 0.2) is 61.1 Å². The molecular formula is C20H14N4O2. The minimum atomic E-state index is -0.416. The summed E-state index contributed by atoms with van der Waals surface area (Å²) in [6.07, 6.45) is 3.47. The lowest BCUT2D eigenvalue weighted by atomic mass is 10.0. The zero-order valence-corrected chi connectivity index (χ0v) is 13.9. The first-order valence-electron chi connectivity index (χ1n) is 8.22. The third-order valence-electron chi connectivity index (χ3n) is 4.77. The number of carbonyl (C=O) groups is 2. The van der Waals surface area contributed by atoms with Gasteiger partial charge in [0.05, 0.1) is 16.6 Å². The molecule has 5 rings (SSSR count). The van der Waals surface area contributed by atoms with Crippen molar-refractivity contribution in [2.45, 2.75) is 0 Å². The Morgan fingerprint density at radius 2 is 1.65 bits per heavy atom. The van der Waals surface area contributed by atoms with Crippen LogP contribution in [0.2, 0.25) is 0 Å². The summed E-state index contributed by atoms with van der Waals surface area (Å²) in [4.78, 5) is 29.6. The average molecular weight is 342 g/mol. The van der Waals surface area contributed by atoms with Gasteiger partial charge in [-0.1, -0.05) is 30.3 Å². The molecule has 0 atom stereocenters. The van der Waals surface area contributed by atoms with Crippen LogP contribution in [0.5, 0.6) is 0 Å². The first kappa shape index (κ1) is 14.7. The van der Waals surface area contributed by atoms with Gasteiger partial charge in [-0.05, 0) is 18.2 Å². The standard InChI is InChI=1S/C20H14N4O2/c1-23-10-13(12-6-2-4-8-15(12)23)17-18(20(26)22-19(17)25)24-11-21-14-7-3-5-9-16(14)24/h2-11H,1H3,(H,22,25,26). The molecule has 2 amide bonds. The average Bonchev–Trinajstić information content (AvgIpc) is 3.29. The van der Waals surface area contributed by atoms with Crippen molar-refractivity contribution in [2.75, 3.05) is 0 Å². The summed E-state index contributed by atoms with van der Waals surface area (Å²) >= 11 is 0. The summed E-state index contributed by atoms with van der Waals surface area (Å²) in [7, 11) is 1.92. The van der Waals surface area contributed by atoms with Gasteiger partial charge in [-0.3, -0.25) is 19.5 Å². The lowest BCUT2D eigenvalue weighted by molar-refractivity contribution is -0.122. The molecule has 0 saturated carbocycles. The predicted molar refractivity (Wildman–Crippen MR) is 98.9 cm³/mol. The Kier molecular flexibility index (Phi) is 2.91. The van der Waals surface area contributed by atoms with Gasteiger partial charge in [0.2, 0.25) is 0 Å². The minimum Gasteiger partial charge on any atom is -0.350 e. The number of imide groups is 1. The highest BCUT2D eigenvalue weighted by molar-refractivity contribution is 6.47. The fourth-order valence-corrected chi connectivity index (χ4v) is 3.60. The van der Waals surface area contributed by atoms with Crippen molar-refractivity contribution >= 4 is 45.0 Å². The van der Waals surface area contributed by atoms with E-state index in [-0.39, 0.29) is 5.91 Å². The third kappa shape index (κ3) is 1.89. The molecule has 0 bridgehead atoms. The Labute approximate surface area is 148 Å². The van der Waals surface area contributed by atoms with E-state index in [2.05, 4.69) is 10.3 Å². The zero-order valence-electron chi connectivity index (χ0n) is 13.9. The smallest absolute Gasteiger partial charge is 0.276 e. The molecule has 0 unspecified atom stereocenters. The summed E-state index contributed by atoms with van der Waals surface area (Å²) in [6.45, 7) is 0. The first-order chi connectivity index (χ1) is 12.6. The van der Waals surface area contributed by atoms with Crippen LogP contribution in [0, 0.1) is 0 Å². The van der Waals surface area contributed by atoms with Gasteiger partial charge < -0.3 is 4.57 Å². The Morgan fingerprint density at radius 3 is 2.50 bits per heavy atom. The normalized spacial score (nSPS) is 14.7. The Hall–Kier alpha value is -3.67. The van der Waals surface area contributed by atoms with Crippen molar-refractivity contribution in [3.05, 3.63) is 66.6 Å². The number of para-hydroxylation sites is 3. The van der Waals surface area contributed by atoms with Crippen LogP contribution in [0.1, 0.15) is 5.56 Å². The highest BCUT2D eigenvalue weighted by atomic mass is 16.2. The SMILES string of the molecule is Cn1cc(C2=C(n3cnc4ccccc43)C(=O)NC2=O)c2ccccc21. The van der Waals surface area contributed by atoms with Gasteiger partial charge in [-0.25, -0.2) is 4.98 Å². The summed E-state index contributed by atoms with van der Waals surface area (Å²) in [6, 6.07) is 15.3. The van der Waals surface area contributed by atoms with Gasteiger partial charge in [0.1, 0.15) is 12.0 Å². The van der Waals surface area contributed by atoms with E-state index in [1.807, 2.05) is 66.3 Å². The number of imidazole rings is 1. The number of carbonyl (C=O) groups excluding carboxylic acids is 2. The molecule has 6 heteroatoms. The maximum atomic E-state index is 12.6. The number of amides is 2. The number of fused-ring (bicyclic) bond motifs is 2. The lowest BCUT2D eigenvalue weighted by Gasteiger charge is -2.06. The molecule has 1 aliphatic rings. The number of aromatic nitrogens is 3. The van der Waals surface area contributed by atoms with Crippen LogP contribution in [-0.4, -0.2) is 25.9 Å².